The molecule has 1 aromatic carbocycles. The molecule has 3 aliphatic rings. The molecule has 3 aromatic rings. The normalized spacial score (nSPS) is 21.0. The number of aromatic nitrogens is 2. The number of hydrogen-bond donors (Lipinski definition) is 1. The molecule has 6 rings (SSSR count). The van der Waals surface area contributed by atoms with Crippen molar-refractivity contribution in [2.24, 2.45) is 0 Å². The number of imide groups is 2. The van der Waals surface area contributed by atoms with Gasteiger partial charge in [0.05, 0.1) is 12.1 Å². The fraction of sp³-hybridized carbons (Fsp3) is 0.304. The van der Waals surface area contributed by atoms with E-state index >= 15 is 0 Å². The number of piperidine rings is 1. The van der Waals surface area contributed by atoms with E-state index in [4.69, 9.17) is 8.94 Å². The summed E-state index contributed by atoms with van der Waals surface area (Å²) in [7, 11) is 0. The first-order valence-electron chi connectivity index (χ1n) is 11.0. The third-order valence-electron chi connectivity index (χ3n) is 6.39. The lowest BCUT2D eigenvalue weighted by atomic mass is 10.0. The zero-order chi connectivity index (χ0) is 23.4. The summed E-state index contributed by atoms with van der Waals surface area (Å²) in [5, 5.41) is 7.13. The van der Waals surface area contributed by atoms with Gasteiger partial charge in [-0.1, -0.05) is 23.4 Å². The zero-order valence-corrected chi connectivity index (χ0v) is 17.9. The number of para-hydroxylation sites is 1. The minimum absolute atomic E-state index is 0.0787. The maximum Gasteiger partial charge on any atom is 0.278 e. The highest BCUT2D eigenvalue weighted by Crippen LogP contribution is 2.35. The molecule has 3 aliphatic heterocycles. The van der Waals surface area contributed by atoms with Crippen LogP contribution in [0, 0.1) is 0 Å². The molecule has 1 saturated heterocycles. The number of benzene rings is 1. The number of hydrogen-bond acceptors (Lipinski definition) is 9. The van der Waals surface area contributed by atoms with Gasteiger partial charge in [0.15, 0.2) is 0 Å². The molecule has 1 N–H and O–H groups in total. The Labute approximate surface area is 192 Å². The number of nitrogens with one attached hydrogen (secondary N) is 1. The molecular weight excluding hydrogens is 442 g/mol. The number of furan rings is 1. The maximum absolute atomic E-state index is 13.3. The molecule has 0 bridgehead atoms. The van der Waals surface area contributed by atoms with Gasteiger partial charge in [-0.05, 0) is 25.3 Å². The number of fused-ring (bicyclic) bond motifs is 1. The van der Waals surface area contributed by atoms with E-state index in [1.165, 1.54) is 0 Å². The van der Waals surface area contributed by atoms with Gasteiger partial charge >= 0.3 is 0 Å². The first-order chi connectivity index (χ1) is 16.5. The van der Waals surface area contributed by atoms with Gasteiger partial charge in [0.1, 0.15) is 23.6 Å². The SMILES string of the molecule is O=C1CCC(N2C(=O)C3=C(C2=O)N(Cc2nc(-c4coc5ccccc45)no2)CCC3)C(=O)N1. The van der Waals surface area contributed by atoms with Crippen LogP contribution in [0.3, 0.4) is 0 Å². The second-order valence-corrected chi connectivity index (χ2v) is 8.46. The first-order valence-corrected chi connectivity index (χ1v) is 11.0. The van der Waals surface area contributed by atoms with Crippen molar-refractivity contribution in [2.75, 3.05) is 6.54 Å². The van der Waals surface area contributed by atoms with Crippen LogP contribution in [0.15, 0.2) is 50.7 Å². The molecule has 0 spiro atoms. The predicted molar refractivity (Wildman–Crippen MR) is 114 cm³/mol. The maximum atomic E-state index is 13.3. The molecule has 1 fully saturated rings. The summed E-state index contributed by atoms with van der Waals surface area (Å²) in [6, 6.07) is 6.52. The van der Waals surface area contributed by atoms with Crippen LogP contribution in [-0.2, 0) is 25.7 Å². The van der Waals surface area contributed by atoms with Crippen LogP contribution in [0.1, 0.15) is 31.6 Å². The number of carbonyl (C=O) groups excluding carboxylic acids is 4. The third-order valence-corrected chi connectivity index (χ3v) is 6.39. The van der Waals surface area contributed by atoms with Crippen molar-refractivity contribution in [2.45, 2.75) is 38.3 Å². The van der Waals surface area contributed by atoms with Crippen LogP contribution in [0.2, 0.25) is 0 Å². The van der Waals surface area contributed by atoms with Crippen LogP contribution in [0.4, 0.5) is 0 Å². The van der Waals surface area contributed by atoms with Crippen LogP contribution >= 0.6 is 0 Å². The van der Waals surface area contributed by atoms with Crippen molar-refractivity contribution in [1.29, 1.82) is 0 Å². The Morgan fingerprint density at radius 3 is 2.79 bits per heavy atom. The Balaban J connectivity index is 1.25. The van der Waals surface area contributed by atoms with E-state index in [1.807, 2.05) is 24.3 Å². The van der Waals surface area contributed by atoms with Crippen LogP contribution < -0.4 is 5.32 Å². The summed E-state index contributed by atoms with van der Waals surface area (Å²) in [6.07, 6.45) is 2.87. The van der Waals surface area contributed by atoms with Crippen LogP contribution in [0.25, 0.3) is 22.4 Å². The van der Waals surface area contributed by atoms with E-state index in [1.54, 1.807) is 11.2 Å². The highest BCUT2D eigenvalue weighted by atomic mass is 16.5. The van der Waals surface area contributed by atoms with Gasteiger partial charge < -0.3 is 13.8 Å². The van der Waals surface area contributed by atoms with Crippen molar-refractivity contribution in [3.05, 3.63) is 47.7 Å². The largest absolute Gasteiger partial charge is 0.464 e. The average Bonchev–Trinajstić information content (AvgIpc) is 3.52. The van der Waals surface area contributed by atoms with E-state index in [2.05, 4.69) is 15.5 Å². The van der Waals surface area contributed by atoms with Gasteiger partial charge in [-0.15, -0.1) is 0 Å². The molecule has 0 radical (unpaired) electrons. The van der Waals surface area contributed by atoms with E-state index in [0.29, 0.717) is 41.9 Å². The monoisotopic (exact) mass is 461 g/mol. The van der Waals surface area contributed by atoms with Gasteiger partial charge in [-0.25, -0.2) is 0 Å². The molecule has 172 valence electrons. The van der Waals surface area contributed by atoms with Gasteiger partial charge in [0.2, 0.25) is 23.5 Å². The van der Waals surface area contributed by atoms with E-state index in [0.717, 1.165) is 10.3 Å². The zero-order valence-electron chi connectivity index (χ0n) is 17.9. The van der Waals surface area contributed by atoms with Gasteiger partial charge in [-0.2, -0.15) is 4.98 Å². The molecule has 4 amide bonds. The lowest BCUT2D eigenvalue weighted by Crippen LogP contribution is -2.55. The van der Waals surface area contributed by atoms with Crippen molar-refractivity contribution in [3.63, 3.8) is 0 Å². The number of nitrogens with zero attached hydrogens (tertiary/aromatic N) is 4. The van der Waals surface area contributed by atoms with Crippen molar-refractivity contribution >= 4 is 34.6 Å². The average molecular weight is 461 g/mol. The first kappa shape index (κ1) is 20.3. The summed E-state index contributed by atoms with van der Waals surface area (Å²) < 4.78 is 11.0. The predicted octanol–water partition coefficient (Wildman–Crippen LogP) is 1.51. The molecule has 0 aliphatic carbocycles. The standard InChI is InChI=1S/C23H19N5O6/c29-17-8-7-15(21(30)24-17)28-22(31)13-5-3-9-27(19(13)23(28)32)10-18-25-20(26-34-18)14-11-33-16-6-2-1-4-12(14)16/h1-2,4,6,11,15H,3,5,7-10H2,(H,24,29,30). The van der Waals surface area contributed by atoms with Gasteiger partial charge in [0, 0.05) is 23.9 Å². The molecule has 34 heavy (non-hydrogen) atoms. The molecule has 2 aromatic heterocycles. The van der Waals surface area contributed by atoms with Crippen molar-refractivity contribution in [1.82, 2.24) is 25.3 Å². The molecule has 11 nitrogen and oxygen atoms in total. The van der Waals surface area contributed by atoms with E-state index < -0.39 is 29.7 Å². The summed E-state index contributed by atoms with van der Waals surface area (Å²) in [4.78, 5) is 57.3. The Morgan fingerprint density at radius 1 is 1.09 bits per heavy atom. The Hall–Kier alpha value is -4.28. The third kappa shape index (κ3) is 3.11. The summed E-state index contributed by atoms with van der Waals surface area (Å²) in [5.41, 5.74) is 2.04. The topological polar surface area (TPSA) is 139 Å². The van der Waals surface area contributed by atoms with Crippen molar-refractivity contribution < 1.29 is 28.1 Å². The lowest BCUT2D eigenvalue weighted by Gasteiger charge is -2.29. The second-order valence-electron chi connectivity index (χ2n) is 8.46. The molecule has 1 atom stereocenters. The summed E-state index contributed by atoms with van der Waals surface area (Å²) in [5.74, 6) is -1.39. The quantitative estimate of drug-likeness (QED) is 0.573. The number of amides is 4. The second kappa shape index (κ2) is 7.65. The summed E-state index contributed by atoms with van der Waals surface area (Å²) >= 11 is 0. The number of carbonyl (C=O) groups is 4. The fourth-order valence-electron chi connectivity index (χ4n) is 4.80. The Morgan fingerprint density at radius 2 is 1.94 bits per heavy atom. The minimum atomic E-state index is -0.991. The van der Waals surface area contributed by atoms with Crippen LogP contribution in [-0.4, -0.2) is 56.2 Å². The minimum Gasteiger partial charge on any atom is -0.464 e. The highest BCUT2D eigenvalue weighted by Gasteiger charge is 2.48. The molecular formula is C23H19N5O6. The lowest BCUT2D eigenvalue weighted by molar-refractivity contribution is -0.150. The van der Waals surface area contributed by atoms with E-state index in [-0.39, 0.29) is 31.0 Å². The smallest absolute Gasteiger partial charge is 0.278 e. The molecule has 5 heterocycles. The summed E-state index contributed by atoms with van der Waals surface area (Å²) in [6.45, 7) is 0.664. The Bertz CT molecular complexity index is 1400. The Kier molecular flexibility index (Phi) is 4.57. The van der Waals surface area contributed by atoms with Crippen molar-refractivity contribution in [3.8, 4) is 11.4 Å². The molecule has 1 unspecified atom stereocenters. The fourth-order valence-corrected chi connectivity index (χ4v) is 4.80. The molecule has 0 saturated carbocycles. The van der Waals surface area contributed by atoms with Gasteiger partial charge in [0.25, 0.3) is 11.8 Å². The highest BCUT2D eigenvalue weighted by molar-refractivity contribution is 6.21. The molecule has 11 heteroatoms. The van der Waals surface area contributed by atoms with E-state index in [9.17, 15) is 19.2 Å². The number of rotatable bonds is 4. The van der Waals surface area contributed by atoms with Crippen LogP contribution in [0.5, 0.6) is 0 Å². The van der Waals surface area contributed by atoms with Gasteiger partial charge in [-0.3, -0.25) is 29.4 Å².